The molecule has 0 spiro atoms. The summed E-state index contributed by atoms with van der Waals surface area (Å²) in [4.78, 5) is 11.1. The summed E-state index contributed by atoms with van der Waals surface area (Å²) < 4.78 is 0. The van der Waals surface area contributed by atoms with E-state index in [1.54, 1.807) is 23.2 Å². The molecule has 0 aromatic rings. The summed E-state index contributed by atoms with van der Waals surface area (Å²) in [6, 6.07) is 0. The summed E-state index contributed by atoms with van der Waals surface area (Å²) in [5, 5.41) is 2.62. The fourth-order valence-electron chi connectivity index (χ4n) is 0.224. The van der Waals surface area contributed by atoms with Gasteiger partial charge in [-0.15, -0.1) is 0 Å². The van der Waals surface area contributed by atoms with E-state index in [0.717, 1.165) is 0 Å². The van der Waals surface area contributed by atoms with Crippen molar-refractivity contribution in [3.63, 3.8) is 0 Å². The molecule has 0 rings (SSSR count). The molecule has 0 aliphatic rings. The predicted octanol–water partition coefficient (Wildman–Crippen LogP) is 2.22. The lowest BCUT2D eigenvalue weighted by atomic mass is 10.5. The van der Waals surface area contributed by atoms with Gasteiger partial charge in [-0.05, 0) is 4.99 Å². The van der Waals surface area contributed by atoms with Crippen molar-refractivity contribution in [1.82, 2.24) is 0 Å². The zero-order valence-electron chi connectivity index (χ0n) is 4.25. The van der Waals surface area contributed by atoms with Gasteiger partial charge in [-0.2, -0.15) is 4.91 Å². The minimum Gasteiger partial charge on any atom is -0.150 e. The van der Waals surface area contributed by atoms with Crippen LogP contribution in [0.4, 0.5) is 0 Å². The fraction of sp³-hybridized carbons (Fsp3) is 0.200. The molecular weight excluding hydrogens is 170 g/mol. The maximum atomic E-state index is 9.43. The summed E-state index contributed by atoms with van der Waals surface area (Å²) in [5.74, 6) is 0. The highest BCUT2D eigenvalue weighted by Gasteiger charge is 1.66. The Hall–Kier alpha value is -0.440. The van der Waals surface area contributed by atoms with Crippen molar-refractivity contribution in [3.8, 4) is 0 Å². The standard InChI is InChI=1S/C5H6BrNO/c6-4-2-1-3-5-7-8/h1-4H,5H2/b3-1+,4-2+. The second-order valence-electron chi connectivity index (χ2n) is 1.06. The van der Waals surface area contributed by atoms with E-state index in [9.17, 15) is 4.91 Å². The van der Waals surface area contributed by atoms with E-state index < -0.39 is 0 Å². The Morgan fingerprint density at radius 1 is 1.50 bits per heavy atom. The van der Waals surface area contributed by atoms with Crippen molar-refractivity contribution < 1.29 is 0 Å². The molecule has 0 aromatic carbocycles. The molecule has 0 aliphatic heterocycles. The molecule has 0 saturated heterocycles. The maximum Gasteiger partial charge on any atom is 0.0995 e. The van der Waals surface area contributed by atoms with Crippen LogP contribution < -0.4 is 0 Å². The lowest BCUT2D eigenvalue weighted by Crippen LogP contribution is -1.63. The Morgan fingerprint density at radius 2 is 2.25 bits per heavy atom. The third kappa shape index (κ3) is 5.56. The molecule has 0 aromatic heterocycles. The van der Waals surface area contributed by atoms with Crippen LogP contribution in [0.3, 0.4) is 0 Å². The Morgan fingerprint density at radius 3 is 2.75 bits per heavy atom. The van der Waals surface area contributed by atoms with Crippen LogP contribution in [-0.4, -0.2) is 6.54 Å². The van der Waals surface area contributed by atoms with E-state index in [4.69, 9.17) is 0 Å². The van der Waals surface area contributed by atoms with Gasteiger partial charge in [0, 0.05) is 0 Å². The van der Waals surface area contributed by atoms with Crippen LogP contribution in [0.5, 0.6) is 0 Å². The summed E-state index contributed by atoms with van der Waals surface area (Å²) >= 11 is 3.06. The van der Waals surface area contributed by atoms with Crippen LogP contribution in [0.1, 0.15) is 0 Å². The van der Waals surface area contributed by atoms with Gasteiger partial charge in [0.1, 0.15) is 0 Å². The van der Waals surface area contributed by atoms with Crippen molar-refractivity contribution in [1.29, 1.82) is 0 Å². The highest BCUT2D eigenvalue weighted by atomic mass is 79.9. The van der Waals surface area contributed by atoms with Crippen LogP contribution >= 0.6 is 15.9 Å². The smallest absolute Gasteiger partial charge is 0.0995 e. The molecule has 0 unspecified atom stereocenters. The molecule has 0 aliphatic carbocycles. The maximum absolute atomic E-state index is 9.43. The number of halogens is 1. The van der Waals surface area contributed by atoms with Crippen molar-refractivity contribution in [2.45, 2.75) is 0 Å². The molecule has 0 heterocycles. The van der Waals surface area contributed by atoms with E-state index in [2.05, 4.69) is 21.1 Å². The van der Waals surface area contributed by atoms with Crippen molar-refractivity contribution in [3.05, 3.63) is 28.1 Å². The third-order valence-electron chi connectivity index (χ3n) is 0.500. The lowest BCUT2D eigenvalue weighted by molar-refractivity contribution is 1.23. The largest absolute Gasteiger partial charge is 0.150 e. The van der Waals surface area contributed by atoms with Crippen molar-refractivity contribution in [2.24, 2.45) is 5.18 Å². The summed E-state index contributed by atoms with van der Waals surface area (Å²) in [5.41, 5.74) is 0. The second kappa shape index (κ2) is 6.56. The van der Waals surface area contributed by atoms with Gasteiger partial charge in [0.15, 0.2) is 0 Å². The van der Waals surface area contributed by atoms with E-state index in [1.807, 2.05) is 0 Å². The Bertz CT molecular complexity index is 109. The Balaban J connectivity index is 3.19. The van der Waals surface area contributed by atoms with Gasteiger partial charge in [-0.3, -0.25) is 0 Å². The number of rotatable bonds is 3. The first-order chi connectivity index (χ1) is 3.91. The second-order valence-corrected chi connectivity index (χ2v) is 1.59. The number of allylic oxidation sites excluding steroid dienone is 2. The van der Waals surface area contributed by atoms with Crippen LogP contribution in [0.15, 0.2) is 28.4 Å². The monoisotopic (exact) mass is 175 g/mol. The van der Waals surface area contributed by atoms with Gasteiger partial charge in [0.2, 0.25) is 0 Å². The molecule has 44 valence electrons. The molecule has 2 nitrogen and oxygen atoms in total. The highest BCUT2D eigenvalue weighted by Crippen LogP contribution is 1.83. The Labute approximate surface area is 56.4 Å². The molecule has 0 fully saturated rings. The summed E-state index contributed by atoms with van der Waals surface area (Å²) in [7, 11) is 0. The average Bonchev–Trinajstić information content (AvgIpc) is 1.81. The van der Waals surface area contributed by atoms with E-state index >= 15 is 0 Å². The van der Waals surface area contributed by atoms with E-state index in [-0.39, 0.29) is 6.54 Å². The zero-order chi connectivity index (χ0) is 6.24. The number of nitroso groups, excluding NO2 is 1. The van der Waals surface area contributed by atoms with Crippen LogP contribution in [0.25, 0.3) is 0 Å². The van der Waals surface area contributed by atoms with Gasteiger partial charge >= 0.3 is 0 Å². The average molecular weight is 176 g/mol. The molecule has 0 radical (unpaired) electrons. The Kier molecular flexibility index (Phi) is 6.20. The van der Waals surface area contributed by atoms with Gasteiger partial charge in [0.05, 0.1) is 6.54 Å². The quantitative estimate of drug-likeness (QED) is 0.478. The van der Waals surface area contributed by atoms with Crippen molar-refractivity contribution >= 4 is 15.9 Å². The van der Waals surface area contributed by atoms with Crippen LogP contribution in [0.2, 0.25) is 0 Å². The van der Waals surface area contributed by atoms with Gasteiger partial charge in [-0.25, -0.2) is 0 Å². The predicted molar refractivity (Wildman–Crippen MR) is 37.9 cm³/mol. The number of hydrogen-bond acceptors (Lipinski definition) is 2. The first-order valence-corrected chi connectivity index (χ1v) is 3.04. The minimum absolute atomic E-state index is 0.247. The first kappa shape index (κ1) is 7.56. The lowest BCUT2D eigenvalue weighted by Gasteiger charge is -1.69. The molecule has 0 atom stereocenters. The van der Waals surface area contributed by atoms with Crippen molar-refractivity contribution in [2.75, 3.05) is 6.54 Å². The number of nitrogens with zero attached hydrogens (tertiary/aromatic N) is 1. The summed E-state index contributed by atoms with van der Waals surface area (Å²) in [6.07, 6.45) is 5.19. The van der Waals surface area contributed by atoms with Crippen LogP contribution in [0, 0.1) is 4.91 Å². The molecule has 8 heavy (non-hydrogen) atoms. The molecular formula is C5H6BrNO. The number of hydrogen-bond donors (Lipinski definition) is 0. The minimum atomic E-state index is 0.247. The SMILES string of the molecule is O=NC/C=C/C=C/Br. The van der Waals surface area contributed by atoms with E-state index in [1.165, 1.54) is 0 Å². The third-order valence-corrected chi connectivity index (χ3v) is 0.805. The van der Waals surface area contributed by atoms with Gasteiger partial charge < -0.3 is 0 Å². The van der Waals surface area contributed by atoms with Crippen LogP contribution in [-0.2, 0) is 0 Å². The molecule has 0 bridgehead atoms. The van der Waals surface area contributed by atoms with E-state index in [0.29, 0.717) is 0 Å². The molecule has 0 amide bonds. The molecule has 0 N–H and O–H groups in total. The molecule has 3 heteroatoms. The highest BCUT2D eigenvalue weighted by molar-refractivity contribution is 9.11. The zero-order valence-corrected chi connectivity index (χ0v) is 5.84. The summed E-state index contributed by atoms with van der Waals surface area (Å²) in [6.45, 7) is 0.247. The topological polar surface area (TPSA) is 29.4 Å². The molecule has 0 saturated carbocycles. The van der Waals surface area contributed by atoms with Gasteiger partial charge in [0.25, 0.3) is 0 Å². The van der Waals surface area contributed by atoms with Gasteiger partial charge in [-0.1, -0.05) is 39.3 Å². The normalized spacial score (nSPS) is 11.1. The fourth-order valence-corrected chi connectivity index (χ4v) is 0.401. The first-order valence-electron chi connectivity index (χ1n) is 2.13.